The van der Waals surface area contributed by atoms with E-state index in [1.165, 1.54) is 13.2 Å². The Balaban J connectivity index is 1.91. The van der Waals surface area contributed by atoms with Crippen LogP contribution >= 0.6 is 11.6 Å². The molecule has 0 bridgehead atoms. The van der Waals surface area contributed by atoms with Crippen molar-refractivity contribution in [2.75, 3.05) is 26.9 Å². The average Bonchev–Trinajstić information content (AvgIpc) is 2.74. The van der Waals surface area contributed by atoms with Crippen molar-refractivity contribution in [3.8, 4) is 17.6 Å². The standard InChI is InChI=1S/C22H21ClN2O5/c1-15-11-19(7-8-20(15)23)29-14-21(26)30-18-5-3-16(4-6-18)12-17(13-24)22(27)25-9-10-28-2/h3-8,11-12H,9-10,14H2,1-2H3,(H,25,27)/b17-12+. The minimum Gasteiger partial charge on any atom is -0.482 e. The Morgan fingerprint density at radius 3 is 2.50 bits per heavy atom. The number of aryl methyl sites for hydroxylation is 1. The van der Waals surface area contributed by atoms with Crippen LogP contribution in [0.3, 0.4) is 0 Å². The third-order valence-corrected chi connectivity index (χ3v) is 4.29. The second-order valence-electron chi connectivity index (χ2n) is 6.16. The fraction of sp³-hybridized carbons (Fsp3) is 0.227. The zero-order chi connectivity index (χ0) is 21.9. The van der Waals surface area contributed by atoms with Gasteiger partial charge >= 0.3 is 5.97 Å². The molecule has 0 unspecified atom stereocenters. The Bertz CT molecular complexity index is 964. The monoisotopic (exact) mass is 428 g/mol. The molecule has 0 fully saturated rings. The number of carbonyl (C=O) groups is 2. The summed E-state index contributed by atoms with van der Waals surface area (Å²) in [6.45, 7) is 2.24. The number of benzene rings is 2. The highest BCUT2D eigenvalue weighted by atomic mass is 35.5. The molecule has 0 spiro atoms. The molecule has 30 heavy (non-hydrogen) atoms. The molecule has 0 aliphatic rings. The lowest BCUT2D eigenvalue weighted by atomic mass is 10.1. The number of methoxy groups -OCH3 is 1. The number of nitrogens with one attached hydrogen (secondary N) is 1. The summed E-state index contributed by atoms with van der Waals surface area (Å²) in [5, 5.41) is 12.4. The maximum absolute atomic E-state index is 12.0. The zero-order valence-corrected chi connectivity index (χ0v) is 17.4. The van der Waals surface area contributed by atoms with Crippen LogP contribution in [-0.4, -0.2) is 38.7 Å². The van der Waals surface area contributed by atoms with Crippen molar-refractivity contribution in [3.63, 3.8) is 0 Å². The number of rotatable bonds is 9. The summed E-state index contributed by atoms with van der Waals surface area (Å²) < 4.78 is 15.5. The number of nitrogens with zero attached hydrogens (tertiary/aromatic N) is 1. The lowest BCUT2D eigenvalue weighted by Gasteiger charge is -2.08. The van der Waals surface area contributed by atoms with E-state index in [2.05, 4.69) is 5.32 Å². The quantitative estimate of drug-likeness (QED) is 0.216. The van der Waals surface area contributed by atoms with Gasteiger partial charge in [0.15, 0.2) is 6.61 Å². The van der Waals surface area contributed by atoms with Gasteiger partial charge in [0.2, 0.25) is 0 Å². The summed E-state index contributed by atoms with van der Waals surface area (Å²) in [4.78, 5) is 23.9. The molecule has 2 rings (SSSR count). The van der Waals surface area contributed by atoms with Crippen LogP contribution in [0.5, 0.6) is 11.5 Å². The van der Waals surface area contributed by atoms with Crippen molar-refractivity contribution >= 4 is 29.6 Å². The van der Waals surface area contributed by atoms with E-state index in [9.17, 15) is 14.9 Å². The Hall–Kier alpha value is -3.34. The lowest BCUT2D eigenvalue weighted by Crippen LogP contribution is -2.27. The molecule has 0 aliphatic carbocycles. The molecule has 1 N–H and O–H groups in total. The van der Waals surface area contributed by atoms with E-state index >= 15 is 0 Å². The van der Waals surface area contributed by atoms with Gasteiger partial charge in [-0.25, -0.2) is 4.79 Å². The normalized spacial score (nSPS) is 10.8. The summed E-state index contributed by atoms with van der Waals surface area (Å²) in [6.07, 6.45) is 1.44. The molecule has 2 aromatic rings. The third kappa shape index (κ3) is 7.24. The summed E-state index contributed by atoms with van der Waals surface area (Å²) >= 11 is 5.95. The smallest absolute Gasteiger partial charge is 0.349 e. The van der Waals surface area contributed by atoms with Gasteiger partial charge in [-0.2, -0.15) is 5.26 Å². The first-order valence-electron chi connectivity index (χ1n) is 9.01. The van der Waals surface area contributed by atoms with Crippen LogP contribution in [0, 0.1) is 18.3 Å². The van der Waals surface area contributed by atoms with Gasteiger partial charge in [-0.3, -0.25) is 4.79 Å². The van der Waals surface area contributed by atoms with Crippen LogP contribution in [0.2, 0.25) is 5.02 Å². The van der Waals surface area contributed by atoms with E-state index in [-0.39, 0.29) is 12.2 Å². The van der Waals surface area contributed by atoms with E-state index in [1.54, 1.807) is 42.5 Å². The van der Waals surface area contributed by atoms with Crippen molar-refractivity contribution < 1.29 is 23.8 Å². The summed E-state index contributed by atoms with van der Waals surface area (Å²) in [7, 11) is 1.52. The van der Waals surface area contributed by atoms with Crippen molar-refractivity contribution in [1.82, 2.24) is 5.32 Å². The molecular formula is C22H21ClN2O5. The zero-order valence-electron chi connectivity index (χ0n) is 16.6. The minimum absolute atomic E-state index is 0.0393. The van der Waals surface area contributed by atoms with Crippen LogP contribution in [0.1, 0.15) is 11.1 Å². The van der Waals surface area contributed by atoms with E-state index in [4.69, 9.17) is 25.8 Å². The molecule has 0 saturated carbocycles. The second-order valence-corrected chi connectivity index (χ2v) is 6.57. The van der Waals surface area contributed by atoms with E-state index in [0.29, 0.717) is 35.2 Å². The number of nitriles is 1. The Kier molecular flexibility index (Phi) is 8.88. The lowest BCUT2D eigenvalue weighted by molar-refractivity contribution is -0.136. The van der Waals surface area contributed by atoms with Crippen LogP contribution in [0.15, 0.2) is 48.0 Å². The third-order valence-electron chi connectivity index (χ3n) is 3.87. The Labute approximate surface area is 179 Å². The molecule has 8 heteroatoms. The van der Waals surface area contributed by atoms with E-state index in [0.717, 1.165) is 5.56 Å². The molecular weight excluding hydrogens is 408 g/mol. The minimum atomic E-state index is -0.568. The van der Waals surface area contributed by atoms with Crippen LogP contribution in [-0.2, 0) is 14.3 Å². The first-order valence-corrected chi connectivity index (χ1v) is 9.39. The van der Waals surface area contributed by atoms with Crippen molar-refractivity contribution in [2.24, 2.45) is 0 Å². The maximum atomic E-state index is 12.0. The Morgan fingerprint density at radius 1 is 1.17 bits per heavy atom. The highest BCUT2D eigenvalue weighted by Crippen LogP contribution is 2.21. The second kappa shape index (κ2) is 11.6. The number of amides is 1. The SMILES string of the molecule is COCCNC(=O)/C(C#N)=C/c1ccc(OC(=O)COc2ccc(Cl)c(C)c2)cc1. The van der Waals surface area contributed by atoms with Crippen molar-refractivity contribution in [1.29, 1.82) is 5.26 Å². The average molecular weight is 429 g/mol. The number of halogens is 1. The van der Waals surface area contributed by atoms with Gasteiger partial charge in [-0.1, -0.05) is 23.7 Å². The van der Waals surface area contributed by atoms with E-state index < -0.39 is 11.9 Å². The summed E-state index contributed by atoms with van der Waals surface area (Å²) in [6, 6.07) is 13.3. The van der Waals surface area contributed by atoms with Gasteiger partial charge < -0.3 is 19.5 Å². The fourth-order valence-corrected chi connectivity index (χ4v) is 2.44. The number of esters is 1. The largest absolute Gasteiger partial charge is 0.482 e. The number of ether oxygens (including phenoxy) is 3. The Morgan fingerprint density at radius 2 is 1.87 bits per heavy atom. The van der Waals surface area contributed by atoms with Crippen molar-refractivity contribution in [3.05, 3.63) is 64.2 Å². The van der Waals surface area contributed by atoms with Gasteiger partial charge in [0.05, 0.1) is 6.61 Å². The highest BCUT2D eigenvalue weighted by molar-refractivity contribution is 6.31. The molecule has 0 saturated heterocycles. The molecule has 0 aromatic heterocycles. The molecule has 156 valence electrons. The molecule has 0 atom stereocenters. The number of carbonyl (C=O) groups excluding carboxylic acids is 2. The maximum Gasteiger partial charge on any atom is 0.349 e. The van der Waals surface area contributed by atoms with Crippen LogP contribution in [0.25, 0.3) is 6.08 Å². The van der Waals surface area contributed by atoms with E-state index in [1.807, 2.05) is 13.0 Å². The van der Waals surface area contributed by atoms with Crippen LogP contribution in [0.4, 0.5) is 0 Å². The highest BCUT2D eigenvalue weighted by Gasteiger charge is 2.10. The molecule has 7 nitrogen and oxygen atoms in total. The first-order chi connectivity index (χ1) is 14.4. The van der Waals surface area contributed by atoms with Gasteiger partial charge in [-0.15, -0.1) is 0 Å². The van der Waals surface area contributed by atoms with Gasteiger partial charge in [0.25, 0.3) is 5.91 Å². The predicted octanol–water partition coefficient (Wildman–Crippen LogP) is 3.30. The molecule has 2 aromatic carbocycles. The van der Waals surface area contributed by atoms with Gasteiger partial charge in [0, 0.05) is 18.7 Å². The predicted molar refractivity (Wildman–Crippen MR) is 112 cm³/mol. The van der Waals surface area contributed by atoms with Crippen LogP contribution < -0.4 is 14.8 Å². The fourth-order valence-electron chi connectivity index (χ4n) is 2.32. The number of hydrogen-bond donors (Lipinski definition) is 1. The molecule has 0 aliphatic heterocycles. The molecule has 0 radical (unpaired) electrons. The first kappa shape index (κ1) is 22.9. The van der Waals surface area contributed by atoms with Gasteiger partial charge in [-0.05, 0) is 54.5 Å². The molecule has 1 amide bonds. The summed E-state index contributed by atoms with van der Waals surface area (Å²) in [5.41, 5.74) is 1.42. The number of hydrogen-bond acceptors (Lipinski definition) is 6. The van der Waals surface area contributed by atoms with Crippen molar-refractivity contribution in [2.45, 2.75) is 6.92 Å². The topological polar surface area (TPSA) is 97.6 Å². The molecule has 0 heterocycles. The summed E-state index contributed by atoms with van der Waals surface area (Å²) in [5.74, 6) is -0.223. The van der Waals surface area contributed by atoms with Gasteiger partial charge in [0.1, 0.15) is 23.1 Å².